The van der Waals surface area contributed by atoms with Crippen molar-refractivity contribution in [1.29, 1.82) is 0 Å². The van der Waals surface area contributed by atoms with Crippen molar-refractivity contribution in [3.05, 3.63) is 34.9 Å². The molecule has 2 aliphatic heterocycles. The lowest BCUT2D eigenvalue weighted by Crippen LogP contribution is -2.53. The van der Waals surface area contributed by atoms with Crippen molar-refractivity contribution in [2.75, 3.05) is 45.8 Å². The number of piperazine rings is 1. The molecule has 6 heteroatoms. The smallest absolute Gasteiger partial charge is 0.317 e. The number of amides is 2. The molecule has 2 heterocycles. The number of halogens is 1. The lowest BCUT2D eigenvalue weighted by molar-refractivity contribution is 0.133. The van der Waals surface area contributed by atoms with Gasteiger partial charge in [-0.05, 0) is 43.6 Å². The van der Waals surface area contributed by atoms with Gasteiger partial charge in [0, 0.05) is 50.3 Å². The summed E-state index contributed by atoms with van der Waals surface area (Å²) in [4.78, 5) is 19.2. The van der Waals surface area contributed by atoms with Crippen LogP contribution in [0, 0.1) is 0 Å². The van der Waals surface area contributed by atoms with E-state index in [1.54, 1.807) is 0 Å². The molecule has 0 unspecified atom stereocenters. The molecule has 0 aromatic heterocycles. The number of likely N-dealkylation sites (N-methyl/N-ethyl adjacent to an activating group) is 1. The number of carbonyl (C=O) groups excluding carboxylic acids is 1. The SMILES string of the molecule is CCN1CCC[C@H]1CNC(=O)N1CCN(Cc2cccc(Cl)c2)CC1. The third-order valence-corrected chi connectivity index (χ3v) is 5.58. The molecule has 3 rings (SSSR count). The zero-order chi connectivity index (χ0) is 17.6. The fourth-order valence-corrected chi connectivity index (χ4v) is 4.08. The quantitative estimate of drug-likeness (QED) is 0.873. The highest BCUT2D eigenvalue weighted by atomic mass is 35.5. The van der Waals surface area contributed by atoms with Crippen molar-refractivity contribution >= 4 is 17.6 Å². The van der Waals surface area contributed by atoms with Crippen molar-refractivity contribution in [2.24, 2.45) is 0 Å². The van der Waals surface area contributed by atoms with Crippen LogP contribution in [-0.2, 0) is 6.54 Å². The van der Waals surface area contributed by atoms with E-state index >= 15 is 0 Å². The molecule has 0 radical (unpaired) electrons. The summed E-state index contributed by atoms with van der Waals surface area (Å²) in [5.41, 5.74) is 1.23. The van der Waals surface area contributed by atoms with Gasteiger partial charge in [0.1, 0.15) is 0 Å². The fraction of sp³-hybridized carbons (Fsp3) is 0.632. The van der Waals surface area contributed by atoms with Crippen LogP contribution in [0.3, 0.4) is 0 Å². The van der Waals surface area contributed by atoms with Gasteiger partial charge in [-0.15, -0.1) is 0 Å². The van der Waals surface area contributed by atoms with Crippen LogP contribution in [0.1, 0.15) is 25.3 Å². The summed E-state index contributed by atoms with van der Waals surface area (Å²) in [6, 6.07) is 8.61. The minimum absolute atomic E-state index is 0.0883. The van der Waals surface area contributed by atoms with E-state index < -0.39 is 0 Å². The second kappa shape index (κ2) is 8.88. The molecular formula is C19H29ClN4O. The number of hydrogen-bond donors (Lipinski definition) is 1. The van der Waals surface area contributed by atoms with Gasteiger partial charge < -0.3 is 10.2 Å². The molecule has 1 atom stereocenters. The number of carbonyl (C=O) groups is 1. The Hall–Kier alpha value is -1.30. The van der Waals surface area contributed by atoms with Crippen molar-refractivity contribution in [1.82, 2.24) is 20.0 Å². The molecule has 138 valence electrons. The zero-order valence-electron chi connectivity index (χ0n) is 15.1. The summed E-state index contributed by atoms with van der Waals surface area (Å²) in [5, 5.41) is 3.92. The van der Waals surface area contributed by atoms with E-state index in [9.17, 15) is 4.79 Å². The Bertz CT molecular complexity index is 574. The molecule has 2 fully saturated rings. The minimum atomic E-state index is 0.0883. The van der Waals surface area contributed by atoms with Gasteiger partial charge in [0.05, 0.1) is 0 Å². The van der Waals surface area contributed by atoms with Crippen molar-refractivity contribution < 1.29 is 4.79 Å². The third-order valence-electron chi connectivity index (χ3n) is 5.35. The first-order chi connectivity index (χ1) is 12.2. The molecule has 0 bridgehead atoms. The first kappa shape index (κ1) is 18.5. The lowest BCUT2D eigenvalue weighted by Gasteiger charge is -2.35. The number of benzene rings is 1. The van der Waals surface area contributed by atoms with Crippen LogP contribution in [0.5, 0.6) is 0 Å². The Morgan fingerprint density at radius 1 is 1.24 bits per heavy atom. The normalized spacial score (nSPS) is 22.3. The summed E-state index contributed by atoms with van der Waals surface area (Å²) < 4.78 is 0. The predicted molar refractivity (Wildman–Crippen MR) is 102 cm³/mol. The van der Waals surface area contributed by atoms with Crippen molar-refractivity contribution in [2.45, 2.75) is 32.4 Å². The second-order valence-corrected chi connectivity index (χ2v) is 7.44. The van der Waals surface area contributed by atoms with Crippen LogP contribution in [0.15, 0.2) is 24.3 Å². The van der Waals surface area contributed by atoms with E-state index in [2.05, 4.69) is 28.1 Å². The topological polar surface area (TPSA) is 38.8 Å². The number of urea groups is 1. The molecule has 1 aromatic carbocycles. The first-order valence-electron chi connectivity index (χ1n) is 9.39. The molecule has 2 amide bonds. The zero-order valence-corrected chi connectivity index (χ0v) is 15.8. The summed E-state index contributed by atoms with van der Waals surface area (Å²) in [6.45, 7) is 9.48. The molecule has 2 saturated heterocycles. The second-order valence-electron chi connectivity index (χ2n) is 7.00. The Morgan fingerprint density at radius 2 is 2.04 bits per heavy atom. The van der Waals surface area contributed by atoms with E-state index in [0.717, 1.165) is 50.8 Å². The van der Waals surface area contributed by atoms with Gasteiger partial charge in [0.15, 0.2) is 0 Å². The molecule has 5 nitrogen and oxygen atoms in total. The summed E-state index contributed by atoms with van der Waals surface area (Å²) in [6.07, 6.45) is 2.44. The molecule has 2 aliphatic rings. The molecule has 0 aliphatic carbocycles. The minimum Gasteiger partial charge on any atom is -0.336 e. The highest BCUT2D eigenvalue weighted by Crippen LogP contribution is 2.16. The van der Waals surface area contributed by atoms with Gasteiger partial charge in [0.2, 0.25) is 0 Å². The highest BCUT2D eigenvalue weighted by Gasteiger charge is 2.25. The van der Waals surface area contributed by atoms with Gasteiger partial charge in [-0.25, -0.2) is 4.79 Å². The number of nitrogens with zero attached hydrogens (tertiary/aromatic N) is 3. The highest BCUT2D eigenvalue weighted by molar-refractivity contribution is 6.30. The van der Waals surface area contributed by atoms with Crippen LogP contribution in [0.4, 0.5) is 4.79 Å². The largest absolute Gasteiger partial charge is 0.336 e. The predicted octanol–water partition coefficient (Wildman–Crippen LogP) is 2.65. The van der Waals surface area contributed by atoms with E-state index in [0.29, 0.717) is 6.04 Å². The van der Waals surface area contributed by atoms with Gasteiger partial charge in [-0.1, -0.05) is 30.7 Å². The summed E-state index contributed by atoms with van der Waals surface area (Å²) in [7, 11) is 0. The van der Waals surface area contributed by atoms with E-state index in [1.807, 2.05) is 23.1 Å². The van der Waals surface area contributed by atoms with Gasteiger partial charge in [-0.3, -0.25) is 9.80 Å². The van der Waals surface area contributed by atoms with E-state index in [4.69, 9.17) is 11.6 Å². The molecule has 1 N–H and O–H groups in total. The Labute approximate surface area is 155 Å². The van der Waals surface area contributed by atoms with E-state index in [-0.39, 0.29) is 6.03 Å². The molecule has 0 saturated carbocycles. The maximum atomic E-state index is 12.4. The Balaban J connectivity index is 1.40. The molecule has 0 spiro atoms. The van der Waals surface area contributed by atoms with E-state index in [1.165, 1.54) is 24.9 Å². The standard InChI is InChI=1S/C19H29ClN4O/c1-2-23-8-4-7-18(23)14-21-19(25)24-11-9-22(10-12-24)15-16-5-3-6-17(20)13-16/h3,5-6,13,18H,2,4,7-12,14-15H2,1H3,(H,21,25)/t18-/m0/s1. The van der Waals surface area contributed by atoms with Gasteiger partial charge in [0.25, 0.3) is 0 Å². The molecule has 25 heavy (non-hydrogen) atoms. The van der Waals surface area contributed by atoms with Crippen molar-refractivity contribution in [3.63, 3.8) is 0 Å². The Morgan fingerprint density at radius 3 is 2.76 bits per heavy atom. The number of nitrogens with one attached hydrogen (secondary N) is 1. The summed E-state index contributed by atoms with van der Waals surface area (Å²) >= 11 is 6.05. The molecule has 1 aromatic rings. The third kappa shape index (κ3) is 5.09. The fourth-order valence-electron chi connectivity index (χ4n) is 3.86. The number of likely N-dealkylation sites (tertiary alicyclic amines) is 1. The van der Waals surface area contributed by atoms with Crippen LogP contribution < -0.4 is 5.32 Å². The maximum Gasteiger partial charge on any atom is 0.317 e. The number of rotatable bonds is 5. The Kier molecular flexibility index (Phi) is 6.57. The average molecular weight is 365 g/mol. The van der Waals surface area contributed by atoms with Crippen LogP contribution >= 0.6 is 11.6 Å². The summed E-state index contributed by atoms with van der Waals surface area (Å²) in [5.74, 6) is 0. The average Bonchev–Trinajstić information content (AvgIpc) is 3.08. The van der Waals surface area contributed by atoms with Crippen LogP contribution in [0.25, 0.3) is 0 Å². The van der Waals surface area contributed by atoms with Gasteiger partial charge in [-0.2, -0.15) is 0 Å². The lowest BCUT2D eigenvalue weighted by atomic mass is 10.2. The van der Waals surface area contributed by atoms with Crippen LogP contribution in [-0.4, -0.2) is 72.6 Å². The number of hydrogen-bond acceptors (Lipinski definition) is 3. The molecular weight excluding hydrogens is 336 g/mol. The van der Waals surface area contributed by atoms with Crippen molar-refractivity contribution in [3.8, 4) is 0 Å². The monoisotopic (exact) mass is 364 g/mol. The first-order valence-corrected chi connectivity index (χ1v) is 9.77. The maximum absolute atomic E-state index is 12.4. The van der Waals surface area contributed by atoms with Crippen LogP contribution in [0.2, 0.25) is 5.02 Å². The van der Waals surface area contributed by atoms with Gasteiger partial charge >= 0.3 is 6.03 Å².